The molecule has 1 amide bonds. The molecule has 2 unspecified atom stereocenters. The number of hydrogen-bond donors (Lipinski definition) is 1. The summed E-state index contributed by atoms with van der Waals surface area (Å²) in [5, 5.41) is 11.8. The smallest absolute Gasteiger partial charge is 0.251 e. The lowest BCUT2D eigenvalue weighted by molar-refractivity contribution is 0.0932. The van der Waals surface area contributed by atoms with Crippen LogP contribution in [-0.4, -0.2) is 16.5 Å². The number of rotatable bonds is 2. The van der Waals surface area contributed by atoms with Gasteiger partial charge in [-0.25, -0.2) is 0 Å². The molecule has 1 aromatic rings. The average molecular weight is 245 g/mol. The van der Waals surface area contributed by atoms with Gasteiger partial charge >= 0.3 is 0 Å². The van der Waals surface area contributed by atoms with Gasteiger partial charge in [-0.05, 0) is 25.3 Å². The monoisotopic (exact) mass is 245 g/mol. The summed E-state index contributed by atoms with van der Waals surface area (Å²) in [4.78, 5) is 23.4. The largest absolute Gasteiger partial charge is 0.348 e. The molecular formula is C13H15N3O2. The van der Waals surface area contributed by atoms with E-state index in [0.29, 0.717) is 5.56 Å². The lowest BCUT2D eigenvalue weighted by Crippen LogP contribution is -2.37. The van der Waals surface area contributed by atoms with Crippen LogP contribution in [-0.2, 0) is 7.05 Å². The van der Waals surface area contributed by atoms with Crippen molar-refractivity contribution >= 4 is 5.91 Å². The van der Waals surface area contributed by atoms with Crippen molar-refractivity contribution in [1.82, 2.24) is 9.88 Å². The third-order valence-corrected chi connectivity index (χ3v) is 3.36. The van der Waals surface area contributed by atoms with E-state index in [-0.39, 0.29) is 23.4 Å². The first-order valence-corrected chi connectivity index (χ1v) is 5.99. The Morgan fingerprint density at radius 2 is 2.33 bits per heavy atom. The maximum Gasteiger partial charge on any atom is 0.251 e. The van der Waals surface area contributed by atoms with Crippen molar-refractivity contribution in [3.8, 4) is 6.07 Å². The van der Waals surface area contributed by atoms with Crippen LogP contribution in [0.1, 0.15) is 29.6 Å². The van der Waals surface area contributed by atoms with Gasteiger partial charge in [0.05, 0.1) is 12.0 Å². The van der Waals surface area contributed by atoms with E-state index < -0.39 is 0 Å². The summed E-state index contributed by atoms with van der Waals surface area (Å²) in [6, 6.07) is 5.04. The highest BCUT2D eigenvalue weighted by Gasteiger charge is 2.28. The number of carbonyl (C=O) groups is 1. The summed E-state index contributed by atoms with van der Waals surface area (Å²) in [5.74, 6) is -0.389. The molecule has 1 heterocycles. The minimum atomic E-state index is -0.278. The van der Waals surface area contributed by atoms with Gasteiger partial charge in [0, 0.05) is 30.9 Å². The number of pyridine rings is 1. The molecule has 1 aromatic heterocycles. The van der Waals surface area contributed by atoms with Crippen molar-refractivity contribution in [2.75, 3.05) is 0 Å². The second kappa shape index (κ2) is 5.05. The summed E-state index contributed by atoms with van der Waals surface area (Å²) < 4.78 is 1.41. The fourth-order valence-corrected chi connectivity index (χ4v) is 2.23. The summed E-state index contributed by atoms with van der Waals surface area (Å²) in [7, 11) is 1.63. The molecule has 2 rings (SSSR count). The maximum absolute atomic E-state index is 12.0. The minimum absolute atomic E-state index is 0.0911. The predicted molar refractivity (Wildman–Crippen MR) is 65.9 cm³/mol. The molecule has 1 fully saturated rings. The topological polar surface area (TPSA) is 74.9 Å². The first-order valence-electron chi connectivity index (χ1n) is 5.99. The highest BCUT2D eigenvalue weighted by Crippen LogP contribution is 2.24. The van der Waals surface area contributed by atoms with Crippen molar-refractivity contribution in [3.05, 3.63) is 34.2 Å². The molecule has 0 saturated heterocycles. The van der Waals surface area contributed by atoms with E-state index >= 15 is 0 Å². The normalized spacial score (nSPS) is 22.4. The molecular weight excluding hydrogens is 230 g/mol. The number of carbonyl (C=O) groups excluding carboxylic acids is 1. The lowest BCUT2D eigenvalue weighted by atomic mass is 10.1. The van der Waals surface area contributed by atoms with Gasteiger partial charge in [0.25, 0.3) is 11.5 Å². The summed E-state index contributed by atoms with van der Waals surface area (Å²) >= 11 is 0. The Morgan fingerprint density at radius 1 is 1.56 bits per heavy atom. The Bertz CT molecular complexity index is 556. The van der Waals surface area contributed by atoms with E-state index in [0.717, 1.165) is 19.3 Å². The SMILES string of the molecule is Cn1ccc(C(=O)NC2CCCC2C#N)cc1=O. The van der Waals surface area contributed by atoms with E-state index in [2.05, 4.69) is 11.4 Å². The van der Waals surface area contributed by atoms with Crippen LogP contribution < -0.4 is 10.9 Å². The van der Waals surface area contributed by atoms with E-state index in [9.17, 15) is 9.59 Å². The molecule has 1 aliphatic carbocycles. The van der Waals surface area contributed by atoms with Gasteiger partial charge in [0.15, 0.2) is 0 Å². The highest BCUT2D eigenvalue weighted by molar-refractivity contribution is 5.94. The summed E-state index contributed by atoms with van der Waals surface area (Å²) in [6.07, 6.45) is 4.18. The fraction of sp³-hybridized carbons (Fsp3) is 0.462. The number of nitriles is 1. The first-order chi connectivity index (χ1) is 8.61. The van der Waals surface area contributed by atoms with Crippen LogP contribution in [0, 0.1) is 17.2 Å². The molecule has 1 N–H and O–H groups in total. The van der Waals surface area contributed by atoms with Gasteiger partial charge in [-0.1, -0.05) is 0 Å². The van der Waals surface area contributed by atoms with E-state index in [4.69, 9.17) is 5.26 Å². The van der Waals surface area contributed by atoms with Crippen LogP contribution >= 0.6 is 0 Å². The van der Waals surface area contributed by atoms with E-state index in [1.54, 1.807) is 19.3 Å². The second-order valence-electron chi connectivity index (χ2n) is 4.61. The number of aromatic nitrogens is 1. The van der Waals surface area contributed by atoms with Gasteiger partial charge in [-0.3, -0.25) is 9.59 Å². The Hall–Kier alpha value is -2.09. The minimum Gasteiger partial charge on any atom is -0.348 e. The maximum atomic E-state index is 12.0. The van der Waals surface area contributed by atoms with Crippen molar-refractivity contribution < 1.29 is 4.79 Å². The predicted octanol–water partition coefficient (Wildman–Crippen LogP) is 0.807. The zero-order chi connectivity index (χ0) is 13.1. The summed E-state index contributed by atoms with van der Waals surface area (Å²) in [6.45, 7) is 0. The zero-order valence-electron chi connectivity index (χ0n) is 10.2. The molecule has 0 aliphatic heterocycles. The third-order valence-electron chi connectivity index (χ3n) is 3.36. The van der Waals surface area contributed by atoms with Crippen molar-refractivity contribution in [1.29, 1.82) is 5.26 Å². The molecule has 0 spiro atoms. The van der Waals surface area contributed by atoms with Crippen molar-refractivity contribution in [3.63, 3.8) is 0 Å². The lowest BCUT2D eigenvalue weighted by Gasteiger charge is -2.15. The molecule has 1 aliphatic rings. The quantitative estimate of drug-likeness (QED) is 0.837. The Morgan fingerprint density at radius 3 is 3.00 bits per heavy atom. The van der Waals surface area contributed by atoms with Gasteiger partial charge in [0.2, 0.25) is 0 Å². The number of nitrogens with one attached hydrogen (secondary N) is 1. The molecule has 5 nitrogen and oxygen atoms in total. The Kier molecular flexibility index (Phi) is 3.47. The molecule has 5 heteroatoms. The van der Waals surface area contributed by atoms with Crippen LogP contribution in [0.3, 0.4) is 0 Å². The Balaban J connectivity index is 2.10. The van der Waals surface area contributed by atoms with Crippen molar-refractivity contribution in [2.24, 2.45) is 13.0 Å². The molecule has 18 heavy (non-hydrogen) atoms. The van der Waals surface area contributed by atoms with Crippen LogP contribution in [0.2, 0.25) is 0 Å². The van der Waals surface area contributed by atoms with Gasteiger partial charge in [0.1, 0.15) is 0 Å². The second-order valence-corrected chi connectivity index (χ2v) is 4.61. The molecule has 94 valence electrons. The van der Waals surface area contributed by atoms with Gasteiger partial charge in [-0.15, -0.1) is 0 Å². The van der Waals surface area contributed by atoms with E-state index in [1.807, 2.05) is 0 Å². The molecule has 0 radical (unpaired) electrons. The number of aryl methyl sites for hydroxylation is 1. The van der Waals surface area contributed by atoms with Gasteiger partial charge < -0.3 is 9.88 Å². The van der Waals surface area contributed by atoms with Crippen LogP contribution in [0.4, 0.5) is 0 Å². The number of nitrogens with zero attached hydrogens (tertiary/aromatic N) is 2. The first kappa shape index (κ1) is 12.4. The summed E-state index contributed by atoms with van der Waals surface area (Å²) in [5.41, 5.74) is 0.132. The van der Waals surface area contributed by atoms with Crippen LogP contribution in [0.25, 0.3) is 0 Å². The number of amides is 1. The Labute approximate surface area is 105 Å². The molecule has 0 bridgehead atoms. The van der Waals surface area contributed by atoms with E-state index in [1.165, 1.54) is 10.6 Å². The van der Waals surface area contributed by atoms with Gasteiger partial charge in [-0.2, -0.15) is 5.26 Å². The van der Waals surface area contributed by atoms with Crippen LogP contribution in [0.5, 0.6) is 0 Å². The standard InChI is InChI=1S/C13H15N3O2/c1-16-6-5-9(7-12(16)17)13(18)15-11-4-2-3-10(11)8-14/h5-7,10-11H,2-4H2,1H3,(H,15,18). The fourth-order valence-electron chi connectivity index (χ4n) is 2.23. The van der Waals surface area contributed by atoms with Crippen molar-refractivity contribution in [2.45, 2.75) is 25.3 Å². The molecule has 1 saturated carbocycles. The average Bonchev–Trinajstić information content (AvgIpc) is 2.79. The zero-order valence-corrected chi connectivity index (χ0v) is 10.2. The molecule has 2 atom stereocenters. The third kappa shape index (κ3) is 2.43. The highest BCUT2D eigenvalue weighted by atomic mass is 16.2. The van der Waals surface area contributed by atoms with Crippen LogP contribution in [0.15, 0.2) is 23.1 Å². The number of hydrogen-bond acceptors (Lipinski definition) is 3. The molecule has 0 aromatic carbocycles.